The van der Waals surface area contributed by atoms with Gasteiger partial charge in [0, 0.05) is 10.3 Å². The lowest BCUT2D eigenvalue weighted by Crippen LogP contribution is -2.21. The van der Waals surface area contributed by atoms with E-state index in [-0.39, 0.29) is 12.4 Å². The molecule has 2 heterocycles. The molecule has 0 unspecified atom stereocenters. The van der Waals surface area contributed by atoms with Crippen molar-refractivity contribution in [3.63, 3.8) is 0 Å². The summed E-state index contributed by atoms with van der Waals surface area (Å²) in [6, 6.07) is 18.7. The molecule has 1 amide bonds. The minimum absolute atomic E-state index is 0.00165. The minimum atomic E-state index is -0.757. The van der Waals surface area contributed by atoms with Gasteiger partial charge in [0.2, 0.25) is 5.76 Å². The molecule has 7 nitrogen and oxygen atoms in total. The van der Waals surface area contributed by atoms with Gasteiger partial charge >= 0.3 is 5.97 Å². The molecule has 2 aromatic heterocycles. The molecule has 0 aliphatic heterocycles. The van der Waals surface area contributed by atoms with Crippen LogP contribution in [-0.2, 0) is 29.0 Å². The minimum Gasteiger partial charge on any atom is -0.489 e. The van der Waals surface area contributed by atoms with Gasteiger partial charge in [0.1, 0.15) is 29.0 Å². The van der Waals surface area contributed by atoms with Crippen molar-refractivity contribution in [2.45, 2.75) is 32.8 Å². The van der Waals surface area contributed by atoms with Crippen molar-refractivity contribution >= 4 is 39.2 Å². The van der Waals surface area contributed by atoms with Crippen LogP contribution >= 0.6 is 11.3 Å². The number of nitriles is 1. The molecule has 182 valence electrons. The summed E-state index contributed by atoms with van der Waals surface area (Å²) in [6.45, 7) is 1.78. The number of amides is 1. The van der Waals surface area contributed by atoms with E-state index >= 15 is 0 Å². The number of ether oxygens (including phenoxy) is 2. The average molecular weight is 501 g/mol. The maximum absolute atomic E-state index is 12.9. The van der Waals surface area contributed by atoms with Gasteiger partial charge in [-0.1, -0.05) is 43.3 Å². The van der Waals surface area contributed by atoms with Gasteiger partial charge in [0.25, 0.3) is 5.91 Å². The molecular weight excluding hydrogens is 476 g/mol. The van der Waals surface area contributed by atoms with Gasteiger partial charge < -0.3 is 19.2 Å². The molecule has 8 heteroatoms. The van der Waals surface area contributed by atoms with Crippen molar-refractivity contribution in [1.82, 2.24) is 0 Å². The lowest BCUT2D eigenvalue weighted by molar-refractivity contribution is -0.119. The predicted octanol–water partition coefficient (Wildman–Crippen LogP) is 5.87. The summed E-state index contributed by atoms with van der Waals surface area (Å²) < 4.78 is 16.9. The van der Waals surface area contributed by atoms with Gasteiger partial charge in [-0.15, -0.1) is 11.3 Å². The van der Waals surface area contributed by atoms with Crippen LogP contribution in [-0.4, -0.2) is 18.5 Å². The second kappa shape index (κ2) is 10.3. The number of nitrogens with zero attached hydrogens (tertiary/aromatic N) is 1. The lowest BCUT2D eigenvalue weighted by atomic mass is 9.89. The number of fused-ring (bicyclic) bond motifs is 2. The van der Waals surface area contributed by atoms with E-state index in [1.807, 2.05) is 48.5 Å². The van der Waals surface area contributed by atoms with Crippen molar-refractivity contribution in [2.75, 3.05) is 11.9 Å². The third-order valence-electron chi connectivity index (χ3n) is 6.22. The first-order chi connectivity index (χ1) is 17.5. The fraction of sp³-hybridized carbons (Fsp3) is 0.250. The molecule has 1 aliphatic carbocycles. The van der Waals surface area contributed by atoms with Crippen LogP contribution in [0.2, 0.25) is 0 Å². The summed E-state index contributed by atoms with van der Waals surface area (Å²) in [5, 5.41) is 13.6. The van der Waals surface area contributed by atoms with Gasteiger partial charge in [0.15, 0.2) is 6.61 Å². The Bertz CT molecular complexity index is 1460. The number of hydrogen-bond donors (Lipinski definition) is 1. The summed E-state index contributed by atoms with van der Waals surface area (Å²) in [5.74, 6) is -0.0605. The Kier molecular flexibility index (Phi) is 6.74. The number of para-hydroxylation sites is 2. The van der Waals surface area contributed by atoms with Crippen LogP contribution in [0.4, 0.5) is 5.00 Å². The van der Waals surface area contributed by atoms with E-state index in [1.54, 1.807) is 6.07 Å². The van der Waals surface area contributed by atoms with Crippen LogP contribution in [0.15, 0.2) is 59.0 Å². The summed E-state index contributed by atoms with van der Waals surface area (Å²) in [7, 11) is 0. The highest BCUT2D eigenvalue weighted by Gasteiger charge is 2.26. The van der Waals surface area contributed by atoms with Crippen LogP contribution in [0.3, 0.4) is 0 Å². The number of rotatable bonds is 7. The van der Waals surface area contributed by atoms with Crippen LogP contribution < -0.4 is 10.1 Å². The Balaban J connectivity index is 1.28. The second-order valence-electron chi connectivity index (χ2n) is 8.80. The van der Waals surface area contributed by atoms with E-state index in [1.165, 1.54) is 11.3 Å². The van der Waals surface area contributed by atoms with Crippen molar-refractivity contribution in [3.8, 4) is 11.8 Å². The molecule has 0 saturated carbocycles. The van der Waals surface area contributed by atoms with Gasteiger partial charge in [-0.3, -0.25) is 4.79 Å². The van der Waals surface area contributed by atoms with Gasteiger partial charge in [-0.2, -0.15) is 5.26 Å². The number of furan rings is 1. The molecule has 4 aromatic rings. The first-order valence-electron chi connectivity index (χ1n) is 11.7. The smallest absolute Gasteiger partial charge is 0.375 e. The summed E-state index contributed by atoms with van der Waals surface area (Å²) >= 11 is 1.43. The quantitative estimate of drug-likeness (QED) is 0.319. The van der Waals surface area contributed by atoms with E-state index in [0.717, 1.165) is 35.1 Å². The van der Waals surface area contributed by atoms with Gasteiger partial charge in [-0.05, 0) is 48.9 Å². The zero-order valence-electron chi connectivity index (χ0n) is 19.7. The fourth-order valence-electron chi connectivity index (χ4n) is 4.40. The largest absolute Gasteiger partial charge is 0.489 e. The van der Waals surface area contributed by atoms with Gasteiger partial charge in [-0.25, -0.2) is 4.79 Å². The SMILES string of the molecule is C[C@H]1CCc2c(sc(NC(=O)COC(=O)c3oc4ccccc4c3COc3ccccc3)c2C#N)C1. The Morgan fingerprint density at radius 3 is 2.75 bits per heavy atom. The van der Waals surface area contributed by atoms with E-state index in [9.17, 15) is 14.9 Å². The maximum atomic E-state index is 12.9. The van der Waals surface area contributed by atoms with Crippen molar-refractivity contribution in [2.24, 2.45) is 5.92 Å². The molecule has 0 radical (unpaired) electrons. The number of hydrogen-bond acceptors (Lipinski definition) is 7. The Morgan fingerprint density at radius 2 is 1.94 bits per heavy atom. The van der Waals surface area contributed by atoms with Gasteiger partial charge in [0.05, 0.1) is 11.1 Å². The second-order valence-corrected chi connectivity index (χ2v) is 9.90. The third kappa shape index (κ3) is 4.83. The Morgan fingerprint density at radius 1 is 1.17 bits per heavy atom. The molecule has 1 aliphatic rings. The molecule has 1 atom stereocenters. The standard InChI is InChI=1S/C28H24N2O5S/c1-17-11-12-20-21(14-29)27(36-24(20)13-17)30-25(31)16-34-28(32)26-22(15-33-18-7-3-2-4-8-18)19-9-5-6-10-23(19)35-26/h2-10,17H,11-13,15-16H2,1H3,(H,30,31)/t17-/m0/s1. The number of carbonyl (C=O) groups excluding carboxylic acids is 2. The van der Waals surface area contributed by atoms with Crippen LogP contribution in [0.25, 0.3) is 11.0 Å². The first kappa shape index (κ1) is 23.6. The maximum Gasteiger partial charge on any atom is 0.375 e. The molecule has 1 N–H and O–H groups in total. The first-order valence-corrected chi connectivity index (χ1v) is 12.5. The number of anilines is 1. The highest BCUT2D eigenvalue weighted by Crippen LogP contribution is 2.39. The lowest BCUT2D eigenvalue weighted by Gasteiger charge is -2.17. The molecule has 0 saturated heterocycles. The summed E-state index contributed by atoms with van der Waals surface area (Å²) in [5.41, 5.74) is 2.61. The Hall–Kier alpha value is -4.09. The zero-order valence-corrected chi connectivity index (χ0v) is 20.5. The average Bonchev–Trinajstić information content (AvgIpc) is 3.43. The number of thiophene rings is 1. The van der Waals surface area contributed by atoms with Crippen LogP contribution in [0, 0.1) is 17.2 Å². The van der Waals surface area contributed by atoms with E-state index in [4.69, 9.17) is 13.9 Å². The zero-order chi connectivity index (χ0) is 25.1. The monoisotopic (exact) mass is 500 g/mol. The van der Waals surface area contributed by atoms with Crippen LogP contribution in [0.1, 0.15) is 45.5 Å². The van der Waals surface area contributed by atoms with E-state index in [0.29, 0.717) is 33.4 Å². The summed E-state index contributed by atoms with van der Waals surface area (Å²) in [6.07, 6.45) is 2.76. The molecule has 2 aromatic carbocycles. The summed E-state index contributed by atoms with van der Waals surface area (Å²) in [4.78, 5) is 26.7. The predicted molar refractivity (Wildman–Crippen MR) is 136 cm³/mol. The third-order valence-corrected chi connectivity index (χ3v) is 7.39. The van der Waals surface area contributed by atoms with Crippen molar-refractivity contribution in [3.05, 3.63) is 81.9 Å². The van der Waals surface area contributed by atoms with E-state index in [2.05, 4.69) is 18.3 Å². The molecule has 0 bridgehead atoms. The molecule has 5 rings (SSSR count). The number of nitrogens with one attached hydrogen (secondary N) is 1. The molecule has 0 spiro atoms. The van der Waals surface area contributed by atoms with Crippen molar-refractivity contribution in [1.29, 1.82) is 5.26 Å². The fourth-order valence-corrected chi connectivity index (χ4v) is 5.77. The highest BCUT2D eigenvalue weighted by molar-refractivity contribution is 7.16. The molecule has 0 fully saturated rings. The van der Waals surface area contributed by atoms with E-state index < -0.39 is 18.5 Å². The normalized spacial score (nSPS) is 14.6. The van der Waals surface area contributed by atoms with Crippen molar-refractivity contribution < 1.29 is 23.5 Å². The number of esters is 1. The molecule has 36 heavy (non-hydrogen) atoms. The Labute approximate surface area is 212 Å². The molecular formula is C28H24N2O5S. The topological polar surface area (TPSA) is 102 Å². The van der Waals surface area contributed by atoms with Crippen LogP contribution in [0.5, 0.6) is 5.75 Å². The highest BCUT2D eigenvalue weighted by atomic mass is 32.1. The number of carbonyl (C=O) groups is 2. The number of benzene rings is 2.